The van der Waals surface area contributed by atoms with E-state index in [0.29, 0.717) is 18.1 Å². The van der Waals surface area contributed by atoms with Crippen LogP contribution < -0.4 is 10.9 Å². The molecule has 0 amide bonds. The van der Waals surface area contributed by atoms with Crippen molar-refractivity contribution in [3.05, 3.63) is 34.5 Å². The lowest BCUT2D eigenvalue weighted by Gasteiger charge is -2.12. The topological polar surface area (TPSA) is 51.3 Å². The van der Waals surface area contributed by atoms with Crippen LogP contribution in [0.25, 0.3) is 5.52 Å². The van der Waals surface area contributed by atoms with Crippen LogP contribution in [0.1, 0.15) is 26.0 Å². The number of aryl methyl sites for hydroxylation is 1. The van der Waals surface area contributed by atoms with Gasteiger partial charge in [-0.05, 0) is 26.3 Å². The zero-order valence-electron chi connectivity index (χ0n) is 11.2. The maximum absolute atomic E-state index is 12.2. The quantitative estimate of drug-likeness (QED) is 0.865. The van der Waals surface area contributed by atoms with Gasteiger partial charge in [-0.2, -0.15) is 5.10 Å². The standard InChI is InChI=1S/C13H20N4O/c1-4-10(2)14-5-6-16-7-8-17-12(13(16)18)9-11(3)15-17/h7-10,14H,4-6H2,1-3H3. The monoisotopic (exact) mass is 248 g/mol. The molecule has 0 aliphatic rings. The van der Waals surface area contributed by atoms with Gasteiger partial charge in [0.15, 0.2) is 0 Å². The highest BCUT2D eigenvalue weighted by atomic mass is 16.1. The molecule has 2 aromatic heterocycles. The lowest BCUT2D eigenvalue weighted by molar-refractivity contribution is 0.499. The zero-order valence-corrected chi connectivity index (χ0v) is 11.2. The van der Waals surface area contributed by atoms with Crippen LogP contribution in [0.5, 0.6) is 0 Å². The van der Waals surface area contributed by atoms with Crippen LogP contribution in [0.3, 0.4) is 0 Å². The first-order chi connectivity index (χ1) is 8.61. The molecule has 0 aliphatic heterocycles. The van der Waals surface area contributed by atoms with Gasteiger partial charge >= 0.3 is 0 Å². The van der Waals surface area contributed by atoms with Crippen molar-refractivity contribution in [2.45, 2.75) is 39.8 Å². The minimum atomic E-state index is 0.0176. The van der Waals surface area contributed by atoms with E-state index in [0.717, 1.165) is 18.7 Å². The molecule has 0 saturated carbocycles. The van der Waals surface area contributed by atoms with Crippen molar-refractivity contribution in [2.75, 3.05) is 6.54 Å². The Morgan fingerprint density at radius 2 is 2.22 bits per heavy atom. The Balaban J connectivity index is 2.14. The molecule has 18 heavy (non-hydrogen) atoms. The predicted molar refractivity (Wildman–Crippen MR) is 71.9 cm³/mol. The third-order valence-corrected chi connectivity index (χ3v) is 3.18. The number of aromatic nitrogens is 3. The molecule has 1 N–H and O–H groups in total. The molecule has 1 unspecified atom stereocenters. The van der Waals surface area contributed by atoms with Crippen molar-refractivity contribution in [2.24, 2.45) is 0 Å². The van der Waals surface area contributed by atoms with Gasteiger partial charge < -0.3 is 9.88 Å². The summed E-state index contributed by atoms with van der Waals surface area (Å²) in [6, 6.07) is 2.31. The van der Waals surface area contributed by atoms with Crippen molar-refractivity contribution in [1.82, 2.24) is 19.5 Å². The molecule has 0 aromatic carbocycles. The number of hydrogen-bond acceptors (Lipinski definition) is 3. The van der Waals surface area contributed by atoms with E-state index in [-0.39, 0.29) is 5.56 Å². The van der Waals surface area contributed by atoms with Gasteiger partial charge in [-0.3, -0.25) is 4.79 Å². The van der Waals surface area contributed by atoms with Gasteiger partial charge in [-0.25, -0.2) is 4.52 Å². The molecule has 0 fully saturated rings. The molecular weight excluding hydrogens is 228 g/mol. The van der Waals surface area contributed by atoms with Gasteiger partial charge in [0.1, 0.15) is 5.52 Å². The number of hydrogen-bond donors (Lipinski definition) is 1. The first-order valence-electron chi connectivity index (χ1n) is 6.40. The van der Waals surface area contributed by atoms with Gasteiger partial charge in [-0.15, -0.1) is 0 Å². The van der Waals surface area contributed by atoms with E-state index < -0.39 is 0 Å². The average molecular weight is 248 g/mol. The first kappa shape index (κ1) is 12.8. The highest BCUT2D eigenvalue weighted by molar-refractivity contribution is 5.44. The molecule has 2 rings (SSSR count). The van der Waals surface area contributed by atoms with Crippen LogP contribution in [-0.4, -0.2) is 26.8 Å². The van der Waals surface area contributed by atoms with Crippen LogP contribution in [-0.2, 0) is 6.54 Å². The Kier molecular flexibility index (Phi) is 3.81. The van der Waals surface area contributed by atoms with Crippen molar-refractivity contribution in [1.29, 1.82) is 0 Å². The fraction of sp³-hybridized carbons (Fsp3) is 0.538. The fourth-order valence-corrected chi connectivity index (χ4v) is 1.90. The minimum absolute atomic E-state index is 0.0176. The number of rotatable bonds is 5. The average Bonchev–Trinajstić information content (AvgIpc) is 2.73. The zero-order chi connectivity index (χ0) is 13.1. The number of fused-ring (bicyclic) bond motifs is 1. The van der Waals surface area contributed by atoms with Crippen molar-refractivity contribution >= 4 is 5.52 Å². The summed E-state index contributed by atoms with van der Waals surface area (Å²) in [5.41, 5.74) is 1.52. The summed E-state index contributed by atoms with van der Waals surface area (Å²) >= 11 is 0. The molecule has 5 heteroatoms. The lowest BCUT2D eigenvalue weighted by atomic mass is 10.2. The van der Waals surface area contributed by atoms with E-state index in [2.05, 4.69) is 24.3 Å². The van der Waals surface area contributed by atoms with Crippen LogP contribution in [0.2, 0.25) is 0 Å². The van der Waals surface area contributed by atoms with Crippen LogP contribution in [0.15, 0.2) is 23.3 Å². The molecule has 2 aromatic rings. The Morgan fingerprint density at radius 3 is 2.94 bits per heavy atom. The summed E-state index contributed by atoms with van der Waals surface area (Å²) in [5.74, 6) is 0. The van der Waals surface area contributed by atoms with Gasteiger partial charge in [0.05, 0.1) is 5.69 Å². The molecule has 0 spiro atoms. The van der Waals surface area contributed by atoms with E-state index in [9.17, 15) is 4.79 Å². The predicted octanol–water partition coefficient (Wildman–Crippen LogP) is 1.19. The second kappa shape index (κ2) is 5.35. The third kappa shape index (κ3) is 2.61. The minimum Gasteiger partial charge on any atom is -0.312 e. The number of nitrogens with zero attached hydrogens (tertiary/aromatic N) is 3. The van der Waals surface area contributed by atoms with Crippen LogP contribution in [0, 0.1) is 6.92 Å². The van der Waals surface area contributed by atoms with Crippen molar-refractivity contribution in [3.8, 4) is 0 Å². The normalized spacial score (nSPS) is 13.1. The second-order valence-corrected chi connectivity index (χ2v) is 4.68. The van der Waals surface area contributed by atoms with Crippen molar-refractivity contribution in [3.63, 3.8) is 0 Å². The van der Waals surface area contributed by atoms with E-state index >= 15 is 0 Å². The molecule has 0 radical (unpaired) electrons. The van der Waals surface area contributed by atoms with E-state index in [4.69, 9.17) is 0 Å². The Labute approximate surface area is 106 Å². The summed E-state index contributed by atoms with van der Waals surface area (Å²) in [4.78, 5) is 12.2. The second-order valence-electron chi connectivity index (χ2n) is 4.68. The van der Waals surface area contributed by atoms with Crippen LogP contribution >= 0.6 is 0 Å². The first-order valence-corrected chi connectivity index (χ1v) is 6.40. The maximum Gasteiger partial charge on any atom is 0.276 e. The number of nitrogens with one attached hydrogen (secondary N) is 1. The molecular formula is C13H20N4O. The summed E-state index contributed by atoms with van der Waals surface area (Å²) in [6.45, 7) is 7.67. The summed E-state index contributed by atoms with van der Waals surface area (Å²) in [7, 11) is 0. The molecule has 0 bridgehead atoms. The highest BCUT2D eigenvalue weighted by Gasteiger charge is 2.05. The largest absolute Gasteiger partial charge is 0.312 e. The Hall–Kier alpha value is -1.62. The van der Waals surface area contributed by atoms with E-state index in [1.54, 1.807) is 15.3 Å². The van der Waals surface area contributed by atoms with Gasteiger partial charge in [0.2, 0.25) is 0 Å². The smallest absolute Gasteiger partial charge is 0.276 e. The summed E-state index contributed by atoms with van der Waals surface area (Å²) in [6.07, 6.45) is 4.71. The molecule has 98 valence electrons. The van der Waals surface area contributed by atoms with Gasteiger partial charge in [0, 0.05) is 31.5 Å². The maximum atomic E-state index is 12.2. The Morgan fingerprint density at radius 1 is 1.44 bits per heavy atom. The molecule has 2 heterocycles. The molecule has 0 saturated heterocycles. The van der Waals surface area contributed by atoms with Gasteiger partial charge in [-0.1, -0.05) is 6.92 Å². The van der Waals surface area contributed by atoms with Crippen LogP contribution in [0.4, 0.5) is 0 Å². The van der Waals surface area contributed by atoms with E-state index in [1.807, 2.05) is 19.2 Å². The fourth-order valence-electron chi connectivity index (χ4n) is 1.90. The third-order valence-electron chi connectivity index (χ3n) is 3.18. The molecule has 5 nitrogen and oxygen atoms in total. The molecule has 0 aliphatic carbocycles. The van der Waals surface area contributed by atoms with E-state index in [1.165, 1.54) is 0 Å². The Bertz CT molecular complexity index is 584. The van der Waals surface area contributed by atoms with Gasteiger partial charge in [0.25, 0.3) is 5.56 Å². The molecule has 1 atom stereocenters. The summed E-state index contributed by atoms with van der Waals surface area (Å²) < 4.78 is 3.36. The highest BCUT2D eigenvalue weighted by Crippen LogP contribution is 1.99. The lowest BCUT2D eigenvalue weighted by Crippen LogP contribution is -2.32. The summed E-state index contributed by atoms with van der Waals surface area (Å²) in [5, 5.41) is 7.60. The van der Waals surface area contributed by atoms with Crippen molar-refractivity contribution < 1.29 is 0 Å². The SMILES string of the molecule is CCC(C)NCCn1ccn2nc(C)cc2c1=O.